The van der Waals surface area contributed by atoms with Crippen molar-refractivity contribution >= 4 is 11.9 Å². The fraction of sp³-hybridized carbons (Fsp3) is 0.846. The molecule has 6 heteroatoms. The Labute approximate surface area is 113 Å². The van der Waals surface area contributed by atoms with E-state index in [-0.39, 0.29) is 24.6 Å². The monoisotopic (exact) mass is 273 g/mol. The van der Waals surface area contributed by atoms with Crippen molar-refractivity contribution in [3.05, 3.63) is 0 Å². The first-order valence-electron chi connectivity index (χ1n) is 6.81. The van der Waals surface area contributed by atoms with Crippen molar-refractivity contribution in [3.63, 3.8) is 0 Å². The summed E-state index contributed by atoms with van der Waals surface area (Å²) in [5.74, 6) is -1.09. The van der Waals surface area contributed by atoms with Crippen molar-refractivity contribution < 1.29 is 23.9 Å². The zero-order valence-corrected chi connectivity index (χ0v) is 11.6. The van der Waals surface area contributed by atoms with Crippen molar-refractivity contribution in [1.82, 2.24) is 5.48 Å². The molecule has 1 heterocycles. The van der Waals surface area contributed by atoms with Crippen LogP contribution in [0.3, 0.4) is 0 Å². The van der Waals surface area contributed by atoms with Gasteiger partial charge in [0.05, 0.1) is 13.0 Å². The van der Waals surface area contributed by atoms with Gasteiger partial charge in [0.2, 0.25) is 5.91 Å². The molecule has 1 N–H and O–H groups in total. The number of hydrogen-bond donors (Lipinski definition) is 1. The highest BCUT2D eigenvalue weighted by Crippen LogP contribution is 2.15. The molecule has 0 aliphatic carbocycles. The summed E-state index contributed by atoms with van der Waals surface area (Å²) in [7, 11) is 1.33. The topological polar surface area (TPSA) is 73.9 Å². The van der Waals surface area contributed by atoms with Gasteiger partial charge in [-0.3, -0.25) is 9.59 Å². The molecule has 6 nitrogen and oxygen atoms in total. The Morgan fingerprint density at radius 2 is 2.21 bits per heavy atom. The molecule has 0 bridgehead atoms. The van der Waals surface area contributed by atoms with Gasteiger partial charge in [0.15, 0.2) is 6.29 Å². The molecule has 0 aromatic heterocycles. The van der Waals surface area contributed by atoms with Crippen LogP contribution < -0.4 is 5.48 Å². The number of nitrogens with one attached hydrogen (secondary N) is 1. The molecule has 0 saturated carbocycles. The van der Waals surface area contributed by atoms with Gasteiger partial charge >= 0.3 is 5.97 Å². The molecule has 0 radical (unpaired) electrons. The highest BCUT2D eigenvalue weighted by atomic mass is 16.8. The molecule has 1 rings (SSSR count). The van der Waals surface area contributed by atoms with Gasteiger partial charge in [-0.1, -0.05) is 13.3 Å². The van der Waals surface area contributed by atoms with Crippen LogP contribution in [0.15, 0.2) is 0 Å². The number of esters is 1. The Hall–Kier alpha value is -1.14. The minimum Gasteiger partial charge on any atom is -0.469 e. The fourth-order valence-electron chi connectivity index (χ4n) is 2.02. The number of ether oxygens (including phenoxy) is 2. The van der Waals surface area contributed by atoms with Crippen LogP contribution >= 0.6 is 0 Å². The van der Waals surface area contributed by atoms with E-state index >= 15 is 0 Å². The van der Waals surface area contributed by atoms with Gasteiger partial charge in [-0.2, -0.15) is 0 Å². The van der Waals surface area contributed by atoms with Gasteiger partial charge < -0.3 is 9.47 Å². The summed E-state index contributed by atoms with van der Waals surface area (Å²) < 4.78 is 10.00. The molecule has 2 unspecified atom stereocenters. The summed E-state index contributed by atoms with van der Waals surface area (Å²) in [4.78, 5) is 28.3. The predicted molar refractivity (Wildman–Crippen MR) is 67.8 cm³/mol. The summed E-state index contributed by atoms with van der Waals surface area (Å²) >= 11 is 0. The normalized spacial score (nSPS) is 20.6. The Kier molecular flexibility index (Phi) is 7.43. The molecule has 1 aliphatic heterocycles. The van der Waals surface area contributed by atoms with Crippen LogP contribution in [-0.4, -0.2) is 31.9 Å². The number of amides is 1. The third-order valence-corrected chi connectivity index (χ3v) is 3.05. The summed E-state index contributed by atoms with van der Waals surface area (Å²) in [6.07, 6.45) is 3.97. The number of rotatable bonds is 7. The molecule has 110 valence electrons. The lowest BCUT2D eigenvalue weighted by Gasteiger charge is -2.22. The lowest BCUT2D eigenvalue weighted by molar-refractivity contribution is -0.201. The second kappa shape index (κ2) is 8.87. The largest absolute Gasteiger partial charge is 0.469 e. The van der Waals surface area contributed by atoms with Gasteiger partial charge in [-0.15, -0.1) is 0 Å². The van der Waals surface area contributed by atoms with Gasteiger partial charge in [-0.05, 0) is 19.3 Å². The van der Waals surface area contributed by atoms with Gasteiger partial charge in [0.1, 0.15) is 0 Å². The molecular formula is C13H23NO5. The standard InChI is InChI=1S/C13H23NO5/c1-3-6-10(13(16)17-2)9-11(15)14-19-12-7-4-5-8-18-12/h10,12H,3-9H2,1-2H3,(H,14,15). The molecule has 2 atom stereocenters. The molecular weight excluding hydrogens is 250 g/mol. The minimum absolute atomic E-state index is 0.0766. The molecule has 0 spiro atoms. The lowest BCUT2D eigenvalue weighted by atomic mass is 10.00. The van der Waals surface area contributed by atoms with Crippen LogP contribution in [-0.2, 0) is 23.9 Å². The van der Waals surface area contributed by atoms with Crippen molar-refractivity contribution in [2.45, 2.75) is 51.7 Å². The highest BCUT2D eigenvalue weighted by Gasteiger charge is 2.23. The smallest absolute Gasteiger partial charge is 0.309 e. The van der Waals surface area contributed by atoms with E-state index in [0.717, 1.165) is 25.7 Å². The van der Waals surface area contributed by atoms with Crippen LogP contribution in [0.2, 0.25) is 0 Å². The zero-order valence-electron chi connectivity index (χ0n) is 11.6. The summed E-state index contributed by atoms with van der Waals surface area (Å²) in [5.41, 5.74) is 2.35. The zero-order chi connectivity index (χ0) is 14.1. The van der Waals surface area contributed by atoms with Crippen molar-refractivity contribution in [1.29, 1.82) is 0 Å². The number of carbonyl (C=O) groups excluding carboxylic acids is 2. The van der Waals surface area contributed by atoms with E-state index in [0.29, 0.717) is 13.0 Å². The first-order chi connectivity index (χ1) is 9.17. The van der Waals surface area contributed by atoms with Gasteiger partial charge in [0, 0.05) is 19.4 Å². The molecule has 0 aromatic rings. The van der Waals surface area contributed by atoms with E-state index in [1.54, 1.807) is 0 Å². The minimum atomic E-state index is -0.411. The molecule has 1 amide bonds. The maximum Gasteiger partial charge on any atom is 0.309 e. The van der Waals surface area contributed by atoms with Crippen molar-refractivity contribution in [2.24, 2.45) is 5.92 Å². The maximum atomic E-state index is 11.7. The molecule has 1 fully saturated rings. The van der Waals surface area contributed by atoms with E-state index in [1.807, 2.05) is 6.92 Å². The Balaban J connectivity index is 2.28. The molecule has 0 aromatic carbocycles. The molecule has 1 saturated heterocycles. The fourth-order valence-corrected chi connectivity index (χ4v) is 2.02. The number of hydroxylamine groups is 1. The first-order valence-corrected chi connectivity index (χ1v) is 6.81. The van der Waals surface area contributed by atoms with Crippen molar-refractivity contribution in [2.75, 3.05) is 13.7 Å². The summed E-state index contributed by atoms with van der Waals surface area (Å²) in [5, 5.41) is 0. The Morgan fingerprint density at radius 3 is 2.79 bits per heavy atom. The van der Waals surface area contributed by atoms with Crippen LogP contribution in [0.5, 0.6) is 0 Å². The summed E-state index contributed by atoms with van der Waals surface area (Å²) in [6.45, 7) is 2.61. The van der Waals surface area contributed by atoms with Gasteiger partial charge in [-0.25, -0.2) is 10.3 Å². The number of methoxy groups -OCH3 is 1. The van der Waals surface area contributed by atoms with E-state index in [2.05, 4.69) is 10.2 Å². The average molecular weight is 273 g/mol. The van der Waals surface area contributed by atoms with Crippen LogP contribution in [0, 0.1) is 5.92 Å². The molecule has 19 heavy (non-hydrogen) atoms. The van der Waals surface area contributed by atoms with E-state index < -0.39 is 5.92 Å². The van der Waals surface area contributed by atoms with E-state index in [9.17, 15) is 9.59 Å². The predicted octanol–water partition coefficient (Wildman–Crippen LogP) is 1.54. The van der Waals surface area contributed by atoms with Crippen molar-refractivity contribution in [3.8, 4) is 0 Å². The number of carbonyl (C=O) groups is 2. The van der Waals surface area contributed by atoms with E-state index in [4.69, 9.17) is 9.57 Å². The van der Waals surface area contributed by atoms with Crippen LogP contribution in [0.1, 0.15) is 45.4 Å². The Bertz CT molecular complexity index is 289. The maximum absolute atomic E-state index is 11.7. The lowest BCUT2D eigenvalue weighted by Crippen LogP contribution is -2.35. The number of hydrogen-bond acceptors (Lipinski definition) is 5. The third kappa shape index (κ3) is 6.02. The summed E-state index contributed by atoms with van der Waals surface area (Å²) in [6, 6.07) is 0. The average Bonchev–Trinajstić information content (AvgIpc) is 2.45. The second-order valence-corrected chi connectivity index (χ2v) is 4.65. The Morgan fingerprint density at radius 1 is 1.42 bits per heavy atom. The van der Waals surface area contributed by atoms with E-state index in [1.165, 1.54) is 7.11 Å². The molecule has 1 aliphatic rings. The first kappa shape index (κ1) is 15.9. The quantitative estimate of drug-likeness (QED) is 0.562. The van der Waals surface area contributed by atoms with Crippen LogP contribution in [0.4, 0.5) is 0 Å². The van der Waals surface area contributed by atoms with Crippen LogP contribution in [0.25, 0.3) is 0 Å². The highest BCUT2D eigenvalue weighted by molar-refractivity contribution is 5.82. The van der Waals surface area contributed by atoms with Gasteiger partial charge in [0.25, 0.3) is 0 Å². The third-order valence-electron chi connectivity index (χ3n) is 3.05. The SMILES string of the molecule is CCCC(CC(=O)NOC1CCCCO1)C(=O)OC. The second-order valence-electron chi connectivity index (χ2n) is 4.65.